The van der Waals surface area contributed by atoms with Gasteiger partial charge in [0.25, 0.3) is 0 Å². The molecule has 6 heteroatoms. The highest BCUT2D eigenvalue weighted by molar-refractivity contribution is 5.78. The Bertz CT molecular complexity index is 727. The van der Waals surface area contributed by atoms with Crippen molar-refractivity contribution >= 4 is 5.91 Å². The van der Waals surface area contributed by atoms with E-state index in [0.29, 0.717) is 26.3 Å². The second kappa shape index (κ2) is 7.80. The van der Waals surface area contributed by atoms with E-state index in [1.165, 1.54) is 5.56 Å². The van der Waals surface area contributed by atoms with Gasteiger partial charge in [-0.15, -0.1) is 0 Å². The summed E-state index contributed by atoms with van der Waals surface area (Å²) in [5.74, 6) is -0.00888. The molecule has 0 N–H and O–H groups in total. The molecule has 1 aromatic carbocycles. The number of benzene rings is 1. The van der Waals surface area contributed by atoms with Crippen molar-refractivity contribution in [2.45, 2.75) is 26.4 Å². The van der Waals surface area contributed by atoms with Gasteiger partial charge < -0.3 is 14.4 Å². The van der Waals surface area contributed by atoms with Gasteiger partial charge in [0.2, 0.25) is 5.91 Å². The zero-order valence-corrected chi connectivity index (χ0v) is 15.1. The number of hydrogen-bond donors (Lipinski definition) is 0. The van der Waals surface area contributed by atoms with E-state index in [1.807, 2.05) is 34.7 Å². The third kappa shape index (κ3) is 3.75. The van der Waals surface area contributed by atoms with Crippen LogP contribution in [0.3, 0.4) is 0 Å². The summed E-state index contributed by atoms with van der Waals surface area (Å²) in [6.07, 6.45) is 0. The molecule has 2 aromatic rings. The fraction of sp³-hybridized carbons (Fsp3) is 0.474. The van der Waals surface area contributed by atoms with E-state index < -0.39 is 0 Å². The summed E-state index contributed by atoms with van der Waals surface area (Å²) in [7, 11) is 1.54. The Morgan fingerprint density at radius 1 is 1.32 bits per heavy atom. The standard InChI is InChI=1S/C19H25N3O3/c1-14-19(17-12-25-10-9-21(17)18(23)13-24-3)15(2)22(20-14)11-16-7-5-4-6-8-16/h4-8,17H,9-13H2,1-3H3/t17-/m0/s1. The maximum atomic E-state index is 12.4. The van der Waals surface area contributed by atoms with Gasteiger partial charge in [-0.1, -0.05) is 30.3 Å². The number of amides is 1. The van der Waals surface area contributed by atoms with Crippen LogP contribution in [0.15, 0.2) is 30.3 Å². The molecule has 0 bridgehead atoms. The number of hydrogen-bond acceptors (Lipinski definition) is 4. The smallest absolute Gasteiger partial charge is 0.249 e. The minimum atomic E-state index is -0.110. The van der Waals surface area contributed by atoms with Crippen LogP contribution < -0.4 is 0 Å². The molecule has 0 saturated carbocycles. The van der Waals surface area contributed by atoms with Crippen molar-refractivity contribution in [3.8, 4) is 0 Å². The number of rotatable bonds is 5. The van der Waals surface area contributed by atoms with Crippen LogP contribution >= 0.6 is 0 Å². The first kappa shape index (κ1) is 17.6. The molecule has 6 nitrogen and oxygen atoms in total. The van der Waals surface area contributed by atoms with Crippen molar-refractivity contribution < 1.29 is 14.3 Å². The number of morpholine rings is 1. The van der Waals surface area contributed by atoms with E-state index in [1.54, 1.807) is 7.11 Å². The molecular formula is C19H25N3O3. The molecule has 1 aromatic heterocycles. The van der Waals surface area contributed by atoms with Crippen molar-refractivity contribution in [3.05, 3.63) is 52.8 Å². The number of methoxy groups -OCH3 is 1. The molecule has 1 fully saturated rings. The molecule has 134 valence electrons. The fourth-order valence-corrected chi connectivity index (χ4v) is 3.45. The van der Waals surface area contributed by atoms with E-state index in [-0.39, 0.29) is 18.6 Å². The lowest BCUT2D eigenvalue weighted by Gasteiger charge is -2.36. The minimum Gasteiger partial charge on any atom is -0.377 e. The lowest BCUT2D eigenvalue weighted by Crippen LogP contribution is -2.45. The highest BCUT2D eigenvalue weighted by Gasteiger charge is 2.32. The zero-order valence-electron chi connectivity index (χ0n) is 15.1. The van der Waals surface area contributed by atoms with Crippen LogP contribution in [0.1, 0.15) is 28.6 Å². The third-order valence-electron chi connectivity index (χ3n) is 4.66. The van der Waals surface area contributed by atoms with E-state index in [2.05, 4.69) is 19.1 Å². The molecule has 1 aliphatic rings. The van der Waals surface area contributed by atoms with Gasteiger partial charge in [-0.3, -0.25) is 9.48 Å². The van der Waals surface area contributed by atoms with Crippen LogP contribution in [0.4, 0.5) is 0 Å². The Hall–Kier alpha value is -2.18. The zero-order chi connectivity index (χ0) is 17.8. The minimum absolute atomic E-state index is 0.00888. The van der Waals surface area contributed by atoms with Gasteiger partial charge in [-0.25, -0.2) is 0 Å². The number of aryl methyl sites for hydroxylation is 1. The monoisotopic (exact) mass is 343 g/mol. The number of ether oxygens (including phenoxy) is 2. The molecule has 0 radical (unpaired) electrons. The molecule has 3 rings (SSSR count). The molecule has 1 aliphatic heterocycles. The van der Waals surface area contributed by atoms with Crippen LogP contribution in [0.25, 0.3) is 0 Å². The summed E-state index contributed by atoms with van der Waals surface area (Å²) in [6, 6.07) is 10.1. The SMILES string of the molecule is COCC(=O)N1CCOC[C@H]1c1c(C)nn(Cc2ccccc2)c1C. The van der Waals surface area contributed by atoms with Crippen molar-refractivity contribution in [1.82, 2.24) is 14.7 Å². The summed E-state index contributed by atoms with van der Waals surface area (Å²) in [5.41, 5.74) is 4.30. The highest BCUT2D eigenvalue weighted by atomic mass is 16.5. The Morgan fingerprint density at radius 2 is 2.08 bits per heavy atom. The van der Waals surface area contributed by atoms with Crippen LogP contribution in [0, 0.1) is 13.8 Å². The average molecular weight is 343 g/mol. The molecule has 25 heavy (non-hydrogen) atoms. The van der Waals surface area contributed by atoms with Crippen molar-refractivity contribution in [2.75, 3.05) is 33.5 Å². The Balaban J connectivity index is 1.89. The summed E-state index contributed by atoms with van der Waals surface area (Å²) in [6.45, 7) is 6.50. The number of nitrogens with zero attached hydrogens (tertiary/aromatic N) is 3. The predicted octanol–water partition coefficient (Wildman–Crippen LogP) is 2.09. The third-order valence-corrected chi connectivity index (χ3v) is 4.66. The first-order valence-corrected chi connectivity index (χ1v) is 8.55. The molecule has 0 aliphatic carbocycles. The Kier molecular flexibility index (Phi) is 5.50. The number of carbonyl (C=O) groups is 1. The summed E-state index contributed by atoms with van der Waals surface area (Å²) < 4.78 is 12.7. The second-order valence-electron chi connectivity index (χ2n) is 6.34. The first-order chi connectivity index (χ1) is 12.1. The molecule has 2 heterocycles. The van der Waals surface area contributed by atoms with Crippen molar-refractivity contribution in [1.29, 1.82) is 0 Å². The van der Waals surface area contributed by atoms with E-state index in [0.717, 1.165) is 17.0 Å². The normalized spacial score (nSPS) is 17.7. The molecule has 1 amide bonds. The van der Waals surface area contributed by atoms with Crippen molar-refractivity contribution in [2.24, 2.45) is 0 Å². The fourth-order valence-electron chi connectivity index (χ4n) is 3.45. The maximum absolute atomic E-state index is 12.4. The van der Waals surface area contributed by atoms with Crippen LogP contribution in [0.5, 0.6) is 0 Å². The number of carbonyl (C=O) groups excluding carboxylic acids is 1. The topological polar surface area (TPSA) is 56.6 Å². The summed E-state index contributed by atoms with van der Waals surface area (Å²) in [5, 5.41) is 4.71. The largest absolute Gasteiger partial charge is 0.377 e. The molecule has 0 spiro atoms. The second-order valence-corrected chi connectivity index (χ2v) is 6.34. The molecule has 0 unspecified atom stereocenters. The lowest BCUT2D eigenvalue weighted by molar-refractivity contribution is -0.144. The van der Waals surface area contributed by atoms with Gasteiger partial charge in [0.15, 0.2) is 0 Å². The average Bonchev–Trinajstić information content (AvgIpc) is 2.89. The Morgan fingerprint density at radius 3 is 2.80 bits per heavy atom. The van der Waals surface area contributed by atoms with Crippen molar-refractivity contribution in [3.63, 3.8) is 0 Å². The lowest BCUT2D eigenvalue weighted by atomic mass is 10.0. The van der Waals surface area contributed by atoms with Crippen LogP contribution in [0.2, 0.25) is 0 Å². The quantitative estimate of drug-likeness (QED) is 0.834. The number of aromatic nitrogens is 2. The van der Waals surface area contributed by atoms with E-state index in [4.69, 9.17) is 14.6 Å². The summed E-state index contributed by atoms with van der Waals surface area (Å²) in [4.78, 5) is 14.3. The van der Waals surface area contributed by atoms with Gasteiger partial charge in [0.05, 0.1) is 31.5 Å². The molecular weight excluding hydrogens is 318 g/mol. The van der Waals surface area contributed by atoms with E-state index >= 15 is 0 Å². The van der Waals surface area contributed by atoms with E-state index in [9.17, 15) is 4.79 Å². The van der Waals surface area contributed by atoms with Gasteiger partial charge in [-0.05, 0) is 19.4 Å². The van der Waals surface area contributed by atoms with Gasteiger partial charge in [-0.2, -0.15) is 5.10 Å². The maximum Gasteiger partial charge on any atom is 0.249 e. The van der Waals surface area contributed by atoms with Crippen LogP contribution in [-0.2, 0) is 20.8 Å². The highest BCUT2D eigenvalue weighted by Crippen LogP contribution is 2.30. The Labute approximate surface area is 148 Å². The first-order valence-electron chi connectivity index (χ1n) is 8.55. The molecule has 1 saturated heterocycles. The summed E-state index contributed by atoms with van der Waals surface area (Å²) >= 11 is 0. The predicted molar refractivity (Wildman–Crippen MR) is 94.4 cm³/mol. The molecule has 1 atom stereocenters. The van der Waals surface area contributed by atoms with Crippen LogP contribution in [-0.4, -0.2) is 54.1 Å². The van der Waals surface area contributed by atoms with Gasteiger partial charge in [0.1, 0.15) is 6.61 Å². The van der Waals surface area contributed by atoms with Gasteiger partial charge >= 0.3 is 0 Å². The van der Waals surface area contributed by atoms with Gasteiger partial charge in [0, 0.05) is 24.9 Å².